The topological polar surface area (TPSA) is 30.0 Å². The number of aromatic nitrogens is 1. The maximum Gasteiger partial charge on any atom is 0.161 e. The molecule has 1 heterocycles. The minimum atomic E-state index is 0.643. The van der Waals surface area contributed by atoms with Gasteiger partial charge in [-0.2, -0.15) is 0 Å². The molecule has 0 atom stereocenters. The van der Waals surface area contributed by atoms with Crippen LogP contribution in [0.3, 0.4) is 0 Å². The second kappa shape index (κ2) is 2.55. The third-order valence-electron chi connectivity index (χ3n) is 0.832. The molecule has 0 fully saturated rings. The predicted octanol–water partition coefficient (Wildman–Crippen LogP) is 1.60. The van der Waals surface area contributed by atoms with Crippen LogP contribution in [0.15, 0.2) is 12.8 Å². The SMILES string of the molecule is C=Cc1ncc(C=O)s1. The van der Waals surface area contributed by atoms with Crippen molar-refractivity contribution in [1.82, 2.24) is 4.98 Å². The van der Waals surface area contributed by atoms with Gasteiger partial charge in [0.15, 0.2) is 6.29 Å². The van der Waals surface area contributed by atoms with E-state index < -0.39 is 0 Å². The standard InChI is InChI=1S/C6H5NOS/c1-2-6-7-3-5(4-8)9-6/h2-4H,1H2. The molecule has 0 N–H and O–H groups in total. The van der Waals surface area contributed by atoms with E-state index in [4.69, 9.17) is 0 Å². The highest BCUT2D eigenvalue weighted by Crippen LogP contribution is 2.10. The molecule has 0 aromatic carbocycles. The van der Waals surface area contributed by atoms with Gasteiger partial charge in [-0.1, -0.05) is 6.58 Å². The Morgan fingerprint density at radius 3 is 2.89 bits per heavy atom. The molecule has 0 aliphatic carbocycles. The summed E-state index contributed by atoms with van der Waals surface area (Å²) in [6.07, 6.45) is 3.94. The quantitative estimate of drug-likeness (QED) is 0.582. The highest BCUT2D eigenvalue weighted by Gasteiger charge is 1.93. The molecule has 0 bridgehead atoms. The summed E-state index contributed by atoms with van der Waals surface area (Å²) in [6.45, 7) is 3.51. The molecule has 0 radical (unpaired) electrons. The third kappa shape index (κ3) is 1.23. The molecule has 46 valence electrons. The summed E-state index contributed by atoms with van der Waals surface area (Å²) in [7, 11) is 0. The lowest BCUT2D eigenvalue weighted by atomic mass is 10.6. The first-order valence-corrected chi connectivity index (χ1v) is 3.22. The van der Waals surface area contributed by atoms with Crippen LogP contribution >= 0.6 is 11.3 Å². The van der Waals surface area contributed by atoms with Gasteiger partial charge in [-0.15, -0.1) is 11.3 Å². The van der Waals surface area contributed by atoms with Crippen molar-refractivity contribution in [2.24, 2.45) is 0 Å². The smallest absolute Gasteiger partial charge is 0.161 e. The van der Waals surface area contributed by atoms with Gasteiger partial charge in [0.2, 0.25) is 0 Å². The van der Waals surface area contributed by atoms with Crippen LogP contribution in [0, 0.1) is 0 Å². The van der Waals surface area contributed by atoms with Crippen molar-refractivity contribution in [3.05, 3.63) is 22.7 Å². The van der Waals surface area contributed by atoms with E-state index in [0.29, 0.717) is 4.88 Å². The van der Waals surface area contributed by atoms with Crippen LogP contribution in [0.5, 0.6) is 0 Å². The molecule has 0 unspecified atom stereocenters. The van der Waals surface area contributed by atoms with E-state index in [1.54, 1.807) is 6.08 Å². The molecule has 2 nitrogen and oxygen atoms in total. The molecule has 0 saturated heterocycles. The van der Waals surface area contributed by atoms with Gasteiger partial charge < -0.3 is 0 Å². The van der Waals surface area contributed by atoms with Crippen LogP contribution in [0.2, 0.25) is 0 Å². The Labute approximate surface area is 56.9 Å². The summed E-state index contributed by atoms with van der Waals surface area (Å²) in [4.78, 5) is 14.6. The molecule has 1 aromatic heterocycles. The zero-order chi connectivity index (χ0) is 6.69. The van der Waals surface area contributed by atoms with E-state index >= 15 is 0 Å². The predicted molar refractivity (Wildman–Crippen MR) is 37.6 cm³/mol. The fraction of sp³-hybridized carbons (Fsp3) is 0. The fourth-order valence-electron chi connectivity index (χ4n) is 0.450. The van der Waals surface area contributed by atoms with Crippen molar-refractivity contribution in [2.75, 3.05) is 0 Å². The van der Waals surface area contributed by atoms with E-state index in [1.807, 2.05) is 0 Å². The van der Waals surface area contributed by atoms with Crippen LogP contribution in [-0.4, -0.2) is 11.3 Å². The molecule has 0 spiro atoms. The van der Waals surface area contributed by atoms with Gasteiger partial charge in [-0.3, -0.25) is 4.79 Å². The highest BCUT2D eigenvalue weighted by atomic mass is 32.1. The van der Waals surface area contributed by atoms with Gasteiger partial charge in [-0.05, 0) is 6.08 Å². The van der Waals surface area contributed by atoms with E-state index in [-0.39, 0.29) is 0 Å². The lowest BCUT2D eigenvalue weighted by molar-refractivity contribution is 0.112. The molecule has 0 amide bonds. The first-order valence-electron chi connectivity index (χ1n) is 2.40. The molecular formula is C6H5NOS. The minimum Gasteiger partial charge on any atom is -0.297 e. The average Bonchev–Trinajstić information content (AvgIpc) is 2.34. The van der Waals surface area contributed by atoms with Gasteiger partial charge >= 0.3 is 0 Å². The molecule has 0 aliphatic heterocycles. The van der Waals surface area contributed by atoms with E-state index in [0.717, 1.165) is 11.3 Å². The summed E-state index contributed by atoms with van der Waals surface area (Å²) < 4.78 is 0. The maximum absolute atomic E-state index is 10.1. The Morgan fingerprint density at radius 2 is 2.56 bits per heavy atom. The number of rotatable bonds is 2. The first-order chi connectivity index (χ1) is 4.36. The fourth-order valence-corrected chi connectivity index (χ4v) is 1.03. The Morgan fingerprint density at radius 1 is 1.78 bits per heavy atom. The van der Waals surface area contributed by atoms with Gasteiger partial charge in [0.25, 0.3) is 0 Å². The normalized spacial score (nSPS) is 8.89. The van der Waals surface area contributed by atoms with Crippen LogP contribution in [0.25, 0.3) is 6.08 Å². The summed E-state index contributed by atoms with van der Waals surface area (Å²) >= 11 is 1.34. The van der Waals surface area contributed by atoms with Crippen molar-refractivity contribution in [3.63, 3.8) is 0 Å². The van der Waals surface area contributed by atoms with E-state index in [2.05, 4.69) is 11.6 Å². The first kappa shape index (κ1) is 6.16. The zero-order valence-corrected chi connectivity index (χ0v) is 5.52. The van der Waals surface area contributed by atoms with Gasteiger partial charge in [0.05, 0.1) is 4.88 Å². The number of carbonyl (C=O) groups is 1. The molecule has 1 aromatic rings. The second-order valence-electron chi connectivity index (χ2n) is 1.42. The van der Waals surface area contributed by atoms with Crippen LogP contribution in [0.4, 0.5) is 0 Å². The Hall–Kier alpha value is -0.960. The lowest BCUT2D eigenvalue weighted by Crippen LogP contribution is -1.63. The van der Waals surface area contributed by atoms with Crippen molar-refractivity contribution in [1.29, 1.82) is 0 Å². The molecule has 1 rings (SSSR count). The number of carbonyl (C=O) groups excluding carboxylic acids is 1. The summed E-state index contributed by atoms with van der Waals surface area (Å²) in [5.74, 6) is 0. The number of thiazole rings is 1. The van der Waals surface area contributed by atoms with E-state index in [1.165, 1.54) is 17.5 Å². The van der Waals surface area contributed by atoms with Crippen LogP contribution in [0.1, 0.15) is 14.7 Å². The van der Waals surface area contributed by atoms with Crippen molar-refractivity contribution < 1.29 is 4.79 Å². The number of aldehydes is 1. The summed E-state index contributed by atoms with van der Waals surface area (Å²) in [5.41, 5.74) is 0. The summed E-state index contributed by atoms with van der Waals surface area (Å²) in [6, 6.07) is 0. The molecule has 0 aliphatic rings. The molecule has 9 heavy (non-hydrogen) atoms. The average molecular weight is 139 g/mol. The molecule has 0 saturated carbocycles. The third-order valence-corrected chi connectivity index (χ3v) is 1.75. The summed E-state index contributed by atoms with van der Waals surface area (Å²) in [5, 5.41) is 0.789. The van der Waals surface area contributed by atoms with Crippen molar-refractivity contribution in [3.8, 4) is 0 Å². The monoisotopic (exact) mass is 139 g/mol. The number of hydrogen-bond acceptors (Lipinski definition) is 3. The maximum atomic E-state index is 10.1. The second-order valence-corrected chi connectivity index (χ2v) is 2.52. The number of hydrogen-bond donors (Lipinski definition) is 0. The van der Waals surface area contributed by atoms with Gasteiger partial charge in [-0.25, -0.2) is 4.98 Å². The number of nitrogens with zero attached hydrogens (tertiary/aromatic N) is 1. The Bertz CT molecular complexity index is 206. The van der Waals surface area contributed by atoms with Crippen LogP contribution in [-0.2, 0) is 0 Å². The van der Waals surface area contributed by atoms with Crippen LogP contribution < -0.4 is 0 Å². The lowest BCUT2D eigenvalue weighted by Gasteiger charge is -1.72. The van der Waals surface area contributed by atoms with Gasteiger partial charge in [0, 0.05) is 6.20 Å². The van der Waals surface area contributed by atoms with Crippen molar-refractivity contribution in [2.45, 2.75) is 0 Å². The largest absolute Gasteiger partial charge is 0.297 e. The van der Waals surface area contributed by atoms with E-state index in [9.17, 15) is 4.79 Å². The Balaban J connectivity index is 2.98. The van der Waals surface area contributed by atoms with Crippen molar-refractivity contribution >= 4 is 23.7 Å². The zero-order valence-electron chi connectivity index (χ0n) is 4.70. The minimum absolute atomic E-state index is 0.643. The molecule has 3 heteroatoms. The molecular weight excluding hydrogens is 134 g/mol. The van der Waals surface area contributed by atoms with Gasteiger partial charge in [0.1, 0.15) is 5.01 Å². The Kier molecular flexibility index (Phi) is 1.75. The highest BCUT2D eigenvalue weighted by molar-refractivity contribution is 7.14.